The molecule has 0 amide bonds. The van der Waals surface area contributed by atoms with Gasteiger partial charge in [0.2, 0.25) is 0 Å². The number of ether oxygens (including phenoxy) is 1. The first-order valence-electron chi connectivity index (χ1n) is 8.15. The van der Waals surface area contributed by atoms with Gasteiger partial charge in [-0.25, -0.2) is 0 Å². The molecule has 0 aromatic carbocycles. The van der Waals surface area contributed by atoms with Crippen LogP contribution in [0.3, 0.4) is 0 Å². The smallest absolute Gasteiger partial charge is 0.0472 e. The lowest BCUT2D eigenvalue weighted by Gasteiger charge is -2.42. The minimum absolute atomic E-state index is 0.411. The van der Waals surface area contributed by atoms with E-state index in [-0.39, 0.29) is 0 Å². The average Bonchev–Trinajstić information content (AvgIpc) is 2.46. The minimum atomic E-state index is 0.411. The monoisotopic (exact) mass is 302 g/mol. The summed E-state index contributed by atoms with van der Waals surface area (Å²) in [5, 5.41) is 3.65. The van der Waals surface area contributed by atoms with Crippen LogP contribution in [0.2, 0.25) is 0 Å². The van der Waals surface area contributed by atoms with Gasteiger partial charge in [-0.1, -0.05) is 13.8 Å². The number of hydrogen-bond acceptors (Lipinski definition) is 4. The molecule has 0 aliphatic carbocycles. The molecule has 120 valence electrons. The Bertz CT molecular complexity index is 245. The fraction of sp³-hybridized carbons (Fsp3) is 1.00. The van der Waals surface area contributed by atoms with Crippen molar-refractivity contribution in [3.05, 3.63) is 0 Å². The molecule has 0 aromatic heterocycles. The normalized spacial score (nSPS) is 20.2. The molecule has 0 aromatic rings. The predicted molar refractivity (Wildman–Crippen MR) is 90.7 cm³/mol. The number of hydrogen-bond donors (Lipinski definition) is 1. The third kappa shape index (κ3) is 5.92. The van der Waals surface area contributed by atoms with Crippen LogP contribution in [0.15, 0.2) is 0 Å². The van der Waals surface area contributed by atoms with Crippen LogP contribution in [0.25, 0.3) is 0 Å². The summed E-state index contributed by atoms with van der Waals surface area (Å²) in [5.74, 6) is 1.24. The van der Waals surface area contributed by atoms with E-state index < -0.39 is 0 Å². The van der Waals surface area contributed by atoms with Gasteiger partial charge in [0, 0.05) is 38.1 Å². The summed E-state index contributed by atoms with van der Waals surface area (Å²) in [6.45, 7) is 9.89. The summed E-state index contributed by atoms with van der Waals surface area (Å²) < 4.78 is 5.60. The summed E-state index contributed by atoms with van der Waals surface area (Å²) in [6, 6.07) is 0.705. The van der Waals surface area contributed by atoms with Crippen molar-refractivity contribution in [2.24, 2.45) is 5.41 Å². The van der Waals surface area contributed by atoms with Crippen LogP contribution in [0, 0.1) is 5.41 Å². The van der Waals surface area contributed by atoms with Crippen LogP contribution in [-0.4, -0.2) is 62.8 Å². The van der Waals surface area contributed by atoms with Gasteiger partial charge in [-0.05, 0) is 50.9 Å². The summed E-state index contributed by atoms with van der Waals surface area (Å²) in [6.07, 6.45) is 7.07. The molecule has 3 nitrogen and oxygen atoms in total. The zero-order valence-corrected chi connectivity index (χ0v) is 14.7. The van der Waals surface area contributed by atoms with Crippen LogP contribution in [-0.2, 0) is 4.74 Å². The summed E-state index contributed by atoms with van der Waals surface area (Å²) in [5.41, 5.74) is 0.411. The van der Waals surface area contributed by atoms with Gasteiger partial charge in [-0.3, -0.25) is 0 Å². The molecule has 1 aliphatic heterocycles. The molecule has 1 N–H and O–H groups in total. The molecule has 1 rings (SSSR count). The molecule has 0 saturated carbocycles. The quantitative estimate of drug-likeness (QED) is 0.627. The van der Waals surface area contributed by atoms with Crippen molar-refractivity contribution < 1.29 is 4.74 Å². The van der Waals surface area contributed by atoms with Crippen LogP contribution in [0.5, 0.6) is 0 Å². The van der Waals surface area contributed by atoms with Gasteiger partial charge in [-0.15, -0.1) is 0 Å². The lowest BCUT2D eigenvalue weighted by molar-refractivity contribution is -0.00543. The molecule has 1 atom stereocenters. The molecule has 1 saturated heterocycles. The SMILES string of the molecule is CCCNCC1(CN(C)C(CC)CSC)CCOCC1. The van der Waals surface area contributed by atoms with Crippen molar-refractivity contribution in [2.45, 2.75) is 45.6 Å². The topological polar surface area (TPSA) is 24.5 Å². The number of nitrogens with one attached hydrogen (secondary N) is 1. The highest BCUT2D eigenvalue weighted by Crippen LogP contribution is 2.31. The van der Waals surface area contributed by atoms with Crippen molar-refractivity contribution in [1.82, 2.24) is 10.2 Å². The van der Waals surface area contributed by atoms with E-state index in [1.807, 2.05) is 11.8 Å². The van der Waals surface area contributed by atoms with Gasteiger partial charge in [0.15, 0.2) is 0 Å². The first-order chi connectivity index (χ1) is 9.67. The van der Waals surface area contributed by atoms with Gasteiger partial charge in [0.1, 0.15) is 0 Å². The van der Waals surface area contributed by atoms with E-state index in [9.17, 15) is 0 Å². The summed E-state index contributed by atoms with van der Waals surface area (Å²) in [7, 11) is 2.31. The lowest BCUT2D eigenvalue weighted by Crippen LogP contribution is -2.49. The Labute approximate surface area is 130 Å². The fourth-order valence-electron chi connectivity index (χ4n) is 3.13. The Kier molecular flexibility index (Phi) is 9.18. The van der Waals surface area contributed by atoms with E-state index in [4.69, 9.17) is 4.74 Å². The standard InChI is InChI=1S/C16H34N2OS/c1-5-9-17-13-16(7-10-19-11-8-16)14-18(3)15(6-2)12-20-4/h15,17H,5-14H2,1-4H3. The van der Waals surface area contributed by atoms with E-state index >= 15 is 0 Å². The largest absolute Gasteiger partial charge is 0.381 e. The Balaban J connectivity index is 2.58. The molecule has 1 heterocycles. The van der Waals surface area contributed by atoms with Gasteiger partial charge < -0.3 is 15.0 Å². The molecule has 1 fully saturated rings. The number of nitrogens with zero attached hydrogens (tertiary/aromatic N) is 1. The fourth-order valence-corrected chi connectivity index (χ4v) is 4.01. The molecule has 1 aliphatic rings. The van der Waals surface area contributed by atoms with Crippen LogP contribution in [0.4, 0.5) is 0 Å². The molecule has 1 unspecified atom stereocenters. The Morgan fingerprint density at radius 2 is 2.00 bits per heavy atom. The maximum Gasteiger partial charge on any atom is 0.0472 e. The van der Waals surface area contributed by atoms with E-state index in [2.05, 4.69) is 37.4 Å². The first kappa shape index (κ1) is 18.3. The van der Waals surface area contributed by atoms with Crippen molar-refractivity contribution in [3.63, 3.8) is 0 Å². The second-order valence-corrected chi connectivity index (χ2v) is 7.13. The van der Waals surface area contributed by atoms with Crippen molar-refractivity contribution in [1.29, 1.82) is 0 Å². The summed E-state index contributed by atoms with van der Waals surface area (Å²) in [4.78, 5) is 2.59. The minimum Gasteiger partial charge on any atom is -0.381 e. The molecule has 20 heavy (non-hydrogen) atoms. The second-order valence-electron chi connectivity index (χ2n) is 6.22. The Hall–Kier alpha value is 0.230. The highest BCUT2D eigenvalue weighted by atomic mass is 32.2. The van der Waals surface area contributed by atoms with Crippen molar-refractivity contribution in [3.8, 4) is 0 Å². The molecule has 0 bridgehead atoms. The third-order valence-electron chi connectivity index (χ3n) is 4.52. The van der Waals surface area contributed by atoms with Gasteiger partial charge in [0.25, 0.3) is 0 Å². The first-order valence-corrected chi connectivity index (χ1v) is 9.54. The lowest BCUT2D eigenvalue weighted by atomic mass is 9.79. The summed E-state index contributed by atoms with van der Waals surface area (Å²) >= 11 is 1.96. The van der Waals surface area contributed by atoms with E-state index in [1.54, 1.807) is 0 Å². The Morgan fingerprint density at radius 1 is 1.30 bits per heavy atom. The van der Waals surface area contributed by atoms with Crippen LogP contribution in [0.1, 0.15) is 39.5 Å². The zero-order chi connectivity index (χ0) is 14.8. The maximum atomic E-state index is 5.60. The second kappa shape index (κ2) is 10.0. The highest BCUT2D eigenvalue weighted by molar-refractivity contribution is 7.98. The Morgan fingerprint density at radius 3 is 2.55 bits per heavy atom. The maximum absolute atomic E-state index is 5.60. The van der Waals surface area contributed by atoms with Gasteiger partial charge in [-0.2, -0.15) is 11.8 Å². The van der Waals surface area contributed by atoms with Crippen molar-refractivity contribution >= 4 is 11.8 Å². The molecular formula is C16H34N2OS. The third-order valence-corrected chi connectivity index (χ3v) is 5.24. The van der Waals surface area contributed by atoms with Crippen LogP contribution >= 0.6 is 11.8 Å². The average molecular weight is 303 g/mol. The zero-order valence-electron chi connectivity index (χ0n) is 13.9. The van der Waals surface area contributed by atoms with Gasteiger partial charge in [0.05, 0.1) is 0 Å². The van der Waals surface area contributed by atoms with E-state index in [0.717, 1.165) is 26.3 Å². The predicted octanol–water partition coefficient (Wildman–Crippen LogP) is 2.86. The number of thioether (sulfide) groups is 1. The molecular weight excluding hydrogens is 268 g/mol. The molecule has 0 spiro atoms. The number of rotatable bonds is 10. The van der Waals surface area contributed by atoms with E-state index in [1.165, 1.54) is 38.0 Å². The molecule has 4 heteroatoms. The van der Waals surface area contributed by atoms with E-state index in [0.29, 0.717) is 11.5 Å². The highest BCUT2D eigenvalue weighted by Gasteiger charge is 2.34. The van der Waals surface area contributed by atoms with Crippen molar-refractivity contribution in [2.75, 3.05) is 51.9 Å². The molecule has 0 radical (unpaired) electrons. The van der Waals surface area contributed by atoms with Gasteiger partial charge >= 0.3 is 0 Å². The van der Waals surface area contributed by atoms with Crippen LogP contribution < -0.4 is 5.32 Å².